The Labute approximate surface area is 116 Å². The second-order valence-electron chi connectivity index (χ2n) is 4.57. The number of esters is 1. The van der Waals surface area contributed by atoms with Crippen LogP contribution in [0.2, 0.25) is 0 Å². The number of nitrogens with one attached hydrogen (secondary N) is 1. The fraction of sp³-hybridized carbons (Fsp3) is 0.267. The third kappa shape index (κ3) is 2.47. The number of anilines is 1. The third-order valence-electron chi connectivity index (χ3n) is 3.23. The predicted molar refractivity (Wildman–Crippen MR) is 73.0 cm³/mol. The fourth-order valence-corrected chi connectivity index (χ4v) is 2.18. The molecule has 5 heteroatoms. The van der Waals surface area contributed by atoms with E-state index < -0.39 is 5.97 Å². The highest BCUT2D eigenvalue weighted by Gasteiger charge is 2.13. The van der Waals surface area contributed by atoms with Crippen molar-refractivity contribution in [1.82, 2.24) is 0 Å². The summed E-state index contributed by atoms with van der Waals surface area (Å²) in [6.07, 6.45) is 2.34. The number of hydrogen-bond acceptors (Lipinski definition) is 5. The van der Waals surface area contributed by atoms with Crippen molar-refractivity contribution < 1.29 is 18.7 Å². The topological polar surface area (TPSA) is 60.7 Å². The first-order valence-corrected chi connectivity index (χ1v) is 6.41. The maximum atomic E-state index is 11.3. The molecule has 5 nitrogen and oxygen atoms in total. The zero-order chi connectivity index (χ0) is 13.9. The quantitative estimate of drug-likeness (QED) is 0.868. The predicted octanol–water partition coefficient (Wildman–Crippen LogP) is 2.61. The fourth-order valence-electron chi connectivity index (χ4n) is 2.18. The van der Waals surface area contributed by atoms with E-state index in [4.69, 9.17) is 9.15 Å². The molecule has 0 saturated heterocycles. The van der Waals surface area contributed by atoms with E-state index in [-0.39, 0.29) is 0 Å². The number of furan rings is 1. The minimum atomic E-state index is -0.394. The molecule has 20 heavy (non-hydrogen) atoms. The first kappa shape index (κ1) is 12.6. The van der Waals surface area contributed by atoms with Crippen LogP contribution in [0.25, 0.3) is 0 Å². The number of benzene rings is 1. The van der Waals surface area contributed by atoms with Gasteiger partial charge in [0, 0.05) is 12.1 Å². The Morgan fingerprint density at radius 2 is 2.30 bits per heavy atom. The van der Waals surface area contributed by atoms with Gasteiger partial charge in [0.15, 0.2) is 0 Å². The minimum absolute atomic E-state index is 0.394. The van der Waals surface area contributed by atoms with Crippen molar-refractivity contribution in [2.24, 2.45) is 0 Å². The van der Waals surface area contributed by atoms with Gasteiger partial charge in [0.05, 0.1) is 25.8 Å². The summed E-state index contributed by atoms with van der Waals surface area (Å²) in [5.74, 6) is 1.25. The number of hydrogen-bond donors (Lipinski definition) is 1. The molecule has 1 aromatic carbocycles. The number of carbonyl (C=O) groups is 1. The molecule has 0 amide bonds. The van der Waals surface area contributed by atoms with Gasteiger partial charge in [-0.3, -0.25) is 0 Å². The highest BCUT2D eigenvalue weighted by atomic mass is 16.5. The lowest BCUT2D eigenvalue weighted by Crippen LogP contribution is -2.00. The van der Waals surface area contributed by atoms with Crippen LogP contribution in [0, 0.1) is 0 Å². The van der Waals surface area contributed by atoms with E-state index in [1.54, 1.807) is 6.07 Å². The Morgan fingerprint density at radius 3 is 3.15 bits per heavy atom. The summed E-state index contributed by atoms with van der Waals surface area (Å²) in [5, 5.41) is 3.26. The van der Waals surface area contributed by atoms with E-state index in [1.807, 2.05) is 12.1 Å². The van der Waals surface area contributed by atoms with Crippen LogP contribution in [-0.4, -0.2) is 19.7 Å². The monoisotopic (exact) mass is 273 g/mol. The number of ether oxygens (including phenoxy) is 2. The van der Waals surface area contributed by atoms with Crippen LogP contribution in [0.4, 0.5) is 5.69 Å². The molecule has 0 atom stereocenters. The minimum Gasteiger partial charge on any atom is -0.493 e. The summed E-state index contributed by atoms with van der Waals surface area (Å²) in [5.41, 5.74) is 2.64. The molecule has 0 bridgehead atoms. The summed E-state index contributed by atoms with van der Waals surface area (Å²) in [7, 11) is 1.35. The van der Waals surface area contributed by atoms with Crippen molar-refractivity contribution in [3.63, 3.8) is 0 Å². The molecular formula is C15H15NO4. The Balaban J connectivity index is 1.64. The van der Waals surface area contributed by atoms with E-state index in [9.17, 15) is 4.79 Å². The summed E-state index contributed by atoms with van der Waals surface area (Å²) >= 11 is 0. The second-order valence-corrected chi connectivity index (χ2v) is 4.57. The largest absolute Gasteiger partial charge is 0.493 e. The number of methoxy groups -OCH3 is 1. The maximum Gasteiger partial charge on any atom is 0.341 e. The highest BCUT2D eigenvalue weighted by Crippen LogP contribution is 2.28. The van der Waals surface area contributed by atoms with Crippen LogP contribution in [0.15, 0.2) is 34.9 Å². The molecule has 104 valence electrons. The van der Waals surface area contributed by atoms with Crippen molar-refractivity contribution in [1.29, 1.82) is 0 Å². The molecule has 3 rings (SSSR count). The van der Waals surface area contributed by atoms with E-state index in [0.29, 0.717) is 17.9 Å². The molecular weight excluding hydrogens is 258 g/mol. The standard InChI is InChI=1S/C15H15NO4/c1-18-15(17)11-7-13(20-9-11)8-16-12-2-3-14-10(6-12)4-5-19-14/h2-3,6-7,9,16H,4-5,8H2,1H3. The van der Waals surface area contributed by atoms with Crippen molar-refractivity contribution in [3.05, 3.63) is 47.4 Å². The van der Waals surface area contributed by atoms with Gasteiger partial charge in [-0.05, 0) is 29.8 Å². The van der Waals surface area contributed by atoms with Crippen LogP contribution in [0.1, 0.15) is 21.7 Å². The number of rotatable bonds is 4. The van der Waals surface area contributed by atoms with E-state index in [1.165, 1.54) is 18.9 Å². The van der Waals surface area contributed by atoms with Gasteiger partial charge in [-0.15, -0.1) is 0 Å². The smallest absolute Gasteiger partial charge is 0.341 e. The molecule has 0 aliphatic carbocycles. The lowest BCUT2D eigenvalue weighted by Gasteiger charge is -2.06. The Morgan fingerprint density at radius 1 is 1.40 bits per heavy atom. The molecule has 0 fully saturated rings. The van der Waals surface area contributed by atoms with Crippen LogP contribution in [-0.2, 0) is 17.7 Å². The van der Waals surface area contributed by atoms with Crippen molar-refractivity contribution >= 4 is 11.7 Å². The van der Waals surface area contributed by atoms with Crippen molar-refractivity contribution in [3.8, 4) is 5.75 Å². The van der Waals surface area contributed by atoms with Crippen molar-refractivity contribution in [2.75, 3.05) is 19.0 Å². The summed E-state index contributed by atoms with van der Waals surface area (Å²) in [6, 6.07) is 7.68. The first-order valence-electron chi connectivity index (χ1n) is 6.41. The highest BCUT2D eigenvalue weighted by molar-refractivity contribution is 5.89. The Bertz CT molecular complexity index is 633. The molecule has 0 radical (unpaired) electrons. The molecule has 2 aromatic rings. The lowest BCUT2D eigenvalue weighted by molar-refractivity contribution is 0.0600. The Hall–Kier alpha value is -2.43. The average molecular weight is 273 g/mol. The Kier molecular flexibility index (Phi) is 3.33. The summed E-state index contributed by atoms with van der Waals surface area (Å²) in [6.45, 7) is 1.26. The first-order chi connectivity index (χ1) is 9.76. The molecule has 0 unspecified atom stereocenters. The number of carbonyl (C=O) groups excluding carboxylic acids is 1. The molecule has 1 N–H and O–H groups in total. The van der Waals surface area contributed by atoms with Gasteiger partial charge >= 0.3 is 5.97 Å². The van der Waals surface area contributed by atoms with Crippen LogP contribution in [0.3, 0.4) is 0 Å². The van der Waals surface area contributed by atoms with Gasteiger partial charge in [-0.1, -0.05) is 0 Å². The molecule has 0 saturated carbocycles. The third-order valence-corrected chi connectivity index (χ3v) is 3.23. The zero-order valence-electron chi connectivity index (χ0n) is 11.1. The average Bonchev–Trinajstić information content (AvgIpc) is 3.12. The van der Waals surface area contributed by atoms with Crippen LogP contribution < -0.4 is 10.1 Å². The van der Waals surface area contributed by atoms with Crippen LogP contribution in [0.5, 0.6) is 5.75 Å². The number of fused-ring (bicyclic) bond motifs is 1. The maximum absolute atomic E-state index is 11.3. The van der Waals surface area contributed by atoms with Crippen molar-refractivity contribution in [2.45, 2.75) is 13.0 Å². The molecule has 0 spiro atoms. The summed E-state index contributed by atoms with van der Waals surface area (Å²) < 4.78 is 15.4. The SMILES string of the molecule is COC(=O)c1coc(CNc2ccc3c(c2)CCO3)c1. The summed E-state index contributed by atoms with van der Waals surface area (Å²) in [4.78, 5) is 11.3. The van der Waals surface area contributed by atoms with E-state index in [0.717, 1.165) is 24.5 Å². The van der Waals surface area contributed by atoms with E-state index in [2.05, 4.69) is 16.1 Å². The van der Waals surface area contributed by atoms with Gasteiger partial charge in [0.25, 0.3) is 0 Å². The van der Waals surface area contributed by atoms with Gasteiger partial charge in [0.2, 0.25) is 0 Å². The molecule has 1 aliphatic rings. The van der Waals surface area contributed by atoms with Gasteiger partial charge < -0.3 is 19.2 Å². The molecule has 1 aliphatic heterocycles. The van der Waals surface area contributed by atoms with E-state index >= 15 is 0 Å². The zero-order valence-corrected chi connectivity index (χ0v) is 11.1. The second kappa shape index (κ2) is 5.28. The normalized spacial score (nSPS) is 12.7. The van der Waals surface area contributed by atoms with Crippen LogP contribution >= 0.6 is 0 Å². The molecule has 2 heterocycles. The molecule has 1 aromatic heterocycles. The van der Waals surface area contributed by atoms with Gasteiger partial charge in [0.1, 0.15) is 17.8 Å². The lowest BCUT2D eigenvalue weighted by atomic mass is 10.1. The van der Waals surface area contributed by atoms with Gasteiger partial charge in [-0.25, -0.2) is 4.79 Å². The van der Waals surface area contributed by atoms with Gasteiger partial charge in [-0.2, -0.15) is 0 Å².